The molecule has 0 aliphatic carbocycles. The zero-order valence-electron chi connectivity index (χ0n) is 8.51. The molecule has 1 unspecified atom stereocenters. The van der Waals surface area contributed by atoms with Crippen molar-refractivity contribution in [2.24, 2.45) is 5.41 Å². The average Bonchev–Trinajstić information content (AvgIpc) is 1.95. The maximum Gasteiger partial charge on any atom is 0.0431 e. The minimum atomic E-state index is 0.335. The van der Waals surface area contributed by atoms with Crippen LogP contribution in [0.3, 0.4) is 0 Å². The molecule has 12 heavy (non-hydrogen) atoms. The lowest BCUT2D eigenvalue weighted by Crippen LogP contribution is -2.56. The van der Waals surface area contributed by atoms with Crippen LogP contribution in [0.15, 0.2) is 0 Å². The zero-order chi connectivity index (χ0) is 9.19. The Morgan fingerprint density at radius 1 is 1.42 bits per heavy atom. The third-order valence-electron chi connectivity index (χ3n) is 2.67. The second-order valence-electron chi connectivity index (χ2n) is 4.78. The Hall–Kier alpha value is -0.0800. The van der Waals surface area contributed by atoms with Crippen LogP contribution in [0.1, 0.15) is 33.6 Å². The van der Waals surface area contributed by atoms with Crippen LogP contribution in [-0.2, 0) is 0 Å². The smallest absolute Gasteiger partial charge is 0.0431 e. The molecule has 0 aromatic rings. The molecule has 0 aromatic heterocycles. The van der Waals surface area contributed by atoms with Gasteiger partial charge in [-0.2, -0.15) is 0 Å². The van der Waals surface area contributed by atoms with Gasteiger partial charge in [-0.05, 0) is 25.2 Å². The lowest BCUT2D eigenvalue weighted by Gasteiger charge is -2.49. The summed E-state index contributed by atoms with van der Waals surface area (Å²) in [7, 11) is 0. The van der Waals surface area contributed by atoms with Gasteiger partial charge in [-0.1, -0.05) is 13.8 Å². The minimum Gasteiger partial charge on any atom is -0.396 e. The highest BCUT2D eigenvalue weighted by Gasteiger charge is 2.36. The Kier molecular flexibility index (Phi) is 3.13. The van der Waals surface area contributed by atoms with E-state index in [1.807, 2.05) is 0 Å². The second kappa shape index (κ2) is 3.75. The highest BCUT2D eigenvalue weighted by Crippen LogP contribution is 2.31. The molecule has 0 amide bonds. The van der Waals surface area contributed by atoms with Gasteiger partial charge in [0.25, 0.3) is 0 Å². The van der Waals surface area contributed by atoms with Crippen molar-refractivity contribution in [3.8, 4) is 0 Å². The molecule has 1 N–H and O–H groups in total. The molecule has 0 bridgehead atoms. The van der Waals surface area contributed by atoms with Crippen molar-refractivity contribution in [3.63, 3.8) is 0 Å². The van der Waals surface area contributed by atoms with Crippen molar-refractivity contribution in [2.75, 3.05) is 19.7 Å². The maximum absolute atomic E-state index is 8.67. The fourth-order valence-corrected chi connectivity index (χ4v) is 1.93. The second-order valence-corrected chi connectivity index (χ2v) is 4.78. The first kappa shape index (κ1) is 10.0. The van der Waals surface area contributed by atoms with Crippen LogP contribution in [0.5, 0.6) is 0 Å². The Morgan fingerprint density at radius 2 is 2.00 bits per heavy atom. The van der Waals surface area contributed by atoms with E-state index in [-0.39, 0.29) is 0 Å². The van der Waals surface area contributed by atoms with Crippen molar-refractivity contribution >= 4 is 0 Å². The van der Waals surface area contributed by atoms with Crippen molar-refractivity contribution < 1.29 is 5.11 Å². The Balaban J connectivity index is 2.15. The molecular formula is C10H21NO. The number of rotatable bonds is 4. The Morgan fingerprint density at radius 3 is 2.42 bits per heavy atom. The van der Waals surface area contributed by atoms with E-state index in [0.29, 0.717) is 18.1 Å². The minimum absolute atomic E-state index is 0.335. The van der Waals surface area contributed by atoms with Crippen molar-refractivity contribution in [2.45, 2.75) is 39.7 Å². The molecule has 1 rings (SSSR count). The van der Waals surface area contributed by atoms with Crippen LogP contribution in [0, 0.1) is 5.41 Å². The van der Waals surface area contributed by atoms with Gasteiger partial charge in [-0.15, -0.1) is 0 Å². The maximum atomic E-state index is 8.67. The average molecular weight is 171 g/mol. The van der Waals surface area contributed by atoms with Gasteiger partial charge in [-0.25, -0.2) is 0 Å². The number of hydrogen-bond donors (Lipinski definition) is 1. The topological polar surface area (TPSA) is 23.5 Å². The molecule has 2 heteroatoms. The summed E-state index contributed by atoms with van der Waals surface area (Å²) >= 11 is 0. The number of hydrogen-bond acceptors (Lipinski definition) is 2. The Labute approximate surface area is 75.6 Å². The van der Waals surface area contributed by atoms with Crippen molar-refractivity contribution in [1.82, 2.24) is 4.90 Å². The van der Waals surface area contributed by atoms with Gasteiger partial charge in [0, 0.05) is 25.7 Å². The van der Waals surface area contributed by atoms with Gasteiger partial charge < -0.3 is 5.11 Å². The van der Waals surface area contributed by atoms with E-state index < -0.39 is 0 Å². The summed E-state index contributed by atoms with van der Waals surface area (Å²) in [6.07, 6.45) is 2.07. The predicted molar refractivity (Wildman–Crippen MR) is 51.1 cm³/mol. The van der Waals surface area contributed by atoms with Crippen LogP contribution in [0.25, 0.3) is 0 Å². The highest BCUT2D eigenvalue weighted by atomic mass is 16.2. The quantitative estimate of drug-likeness (QED) is 0.692. The summed E-state index contributed by atoms with van der Waals surface area (Å²) in [5, 5.41) is 8.67. The monoisotopic (exact) mass is 171 g/mol. The van der Waals surface area contributed by atoms with Crippen LogP contribution < -0.4 is 0 Å². The third-order valence-corrected chi connectivity index (χ3v) is 2.67. The molecule has 1 saturated heterocycles. The highest BCUT2D eigenvalue weighted by molar-refractivity contribution is 4.90. The lowest BCUT2D eigenvalue weighted by atomic mass is 9.83. The van der Waals surface area contributed by atoms with Gasteiger partial charge >= 0.3 is 0 Å². The van der Waals surface area contributed by atoms with Crippen molar-refractivity contribution in [1.29, 1.82) is 0 Å². The molecule has 0 spiro atoms. The molecule has 1 fully saturated rings. The molecule has 1 aliphatic heterocycles. The first-order valence-electron chi connectivity index (χ1n) is 4.90. The molecule has 0 radical (unpaired) electrons. The number of likely N-dealkylation sites (tertiary alicyclic amines) is 1. The van der Waals surface area contributed by atoms with E-state index in [2.05, 4.69) is 25.7 Å². The van der Waals surface area contributed by atoms with Gasteiger partial charge in [0.1, 0.15) is 0 Å². The largest absolute Gasteiger partial charge is 0.396 e. The summed E-state index contributed by atoms with van der Waals surface area (Å²) in [6, 6.07) is 0.658. The molecule has 0 aromatic carbocycles. The summed E-state index contributed by atoms with van der Waals surface area (Å²) < 4.78 is 0. The van der Waals surface area contributed by atoms with E-state index in [0.717, 1.165) is 12.8 Å². The molecule has 1 heterocycles. The van der Waals surface area contributed by atoms with Crippen LogP contribution in [0.4, 0.5) is 0 Å². The normalized spacial score (nSPS) is 25.0. The van der Waals surface area contributed by atoms with E-state index in [1.54, 1.807) is 0 Å². The van der Waals surface area contributed by atoms with Gasteiger partial charge in [0.05, 0.1) is 0 Å². The van der Waals surface area contributed by atoms with Gasteiger partial charge in [-0.3, -0.25) is 4.90 Å². The summed E-state index contributed by atoms with van der Waals surface area (Å²) in [5.41, 5.74) is 0.535. The van der Waals surface area contributed by atoms with Crippen LogP contribution in [-0.4, -0.2) is 35.7 Å². The summed E-state index contributed by atoms with van der Waals surface area (Å²) in [6.45, 7) is 9.65. The van der Waals surface area contributed by atoms with Gasteiger partial charge in [0.2, 0.25) is 0 Å². The molecule has 1 atom stereocenters. The van der Waals surface area contributed by atoms with E-state index in [9.17, 15) is 0 Å². The standard InChI is InChI=1S/C10H21NO/c1-9(5-4-6-12)11-7-10(2,3)8-11/h9,12H,4-8H2,1-3H3. The first-order valence-corrected chi connectivity index (χ1v) is 4.90. The fourth-order valence-electron chi connectivity index (χ4n) is 1.93. The summed E-state index contributed by atoms with van der Waals surface area (Å²) in [5.74, 6) is 0. The molecule has 0 saturated carbocycles. The van der Waals surface area contributed by atoms with E-state index in [1.165, 1.54) is 13.1 Å². The zero-order valence-corrected chi connectivity index (χ0v) is 8.51. The lowest BCUT2D eigenvalue weighted by molar-refractivity contribution is -0.00426. The van der Waals surface area contributed by atoms with E-state index >= 15 is 0 Å². The Bertz CT molecular complexity index is 137. The van der Waals surface area contributed by atoms with Crippen LogP contribution >= 0.6 is 0 Å². The number of nitrogens with zero attached hydrogens (tertiary/aromatic N) is 1. The SMILES string of the molecule is CC(CCCO)N1CC(C)(C)C1. The third kappa shape index (κ3) is 2.46. The van der Waals surface area contributed by atoms with Crippen molar-refractivity contribution in [3.05, 3.63) is 0 Å². The molecule has 2 nitrogen and oxygen atoms in total. The van der Waals surface area contributed by atoms with Crippen LogP contribution in [0.2, 0.25) is 0 Å². The number of aliphatic hydroxyl groups excluding tert-OH is 1. The van der Waals surface area contributed by atoms with E-state index in [4.69, 9.17) is 5.11 Å². The fraction of sp³-hybridized carbons (Fsp3) is 1.00. The van der Waals surface area contributed by atoms with Gasteiger partial charge in [0.15, 0.2) is 0 Å². The molecular weight excluding hydrogens is 150 g/mol. The molecule has 72 valence electrons. The summed E-state index contributed by atoms with van der Waals surface area (Å²) in [4.78, 5) is 2.50. The molecule has 1 aliphatic rings. The first-order chi connectivity index (χ1) is 5.55. The predicted octanol–water partition coefficient (Wildman–Crippen LogP) is 1.49. The number of aliphatic hydroxyl groups is 1.